The van der Waals surface area contributed by atoms with Gasteiger partial charge in [0.2, 0.25) is 0 Å². The number of pyridine rings is 1. The van der Waals surface area contributed by atoms with E-state index in [0.29, 0.717) is 27.8 Å². The van der Waals surface area contributed by atoms with Gasteiger partial charge in [-0.25, -0.2) is 4.98 Å². The van der Waals surface area contributed by atoms with Crippen LogP contribution in [-0.4, -0.2) is 22.1 Å². The summed E-state index contributed by atoms with van der Waals surface area (Å²) in [6, 6.07) is 18.9. The highest BCUT2D eigenvalue weighted by Gasteiger charge is 2.22. The van der Waals surface area contributed by atoms with Gasteiger partial charge in [0, 0.05) is 16.7 Å². The van der Waals surface area contributed by atoms with Gasteiger partial charge in [0.25, 0.3) is 5.91 Å². The van der Waals surface area contributed by atoms with Crippen LogP contribution in [-0.2, 0) is 6.54 Å². The molecule has 0 aliphatic heterocycles. The van der Waals surface area contributed by atoms with E-state index in [1.807, 2.05) is 60.9 Å². The lowest BCUT2D eigenvalue weighted by molar-refractivity contribution is 0.0984. The Morgan fingerprint density at radius 3 is 2.61 bits per heavy atom. The highest BCUT2D eigenvalue weighted by molar-refractivity contribution is 7.98. The van der Waals surface area contributed by atoms with Crippen molar-refractivity contribution in [3.05, 3.63) is 83.1 Å². The molecule has 2 heterocycles. The van der Waals surface area contributed by atoms with E-state index in [9.17, 15) is 4.79 Å². The molecular formula is C21H16ClN3OS2. The molecule has 0 saturated carbocycles. The monoisotopic (exact) mass is 425 g/mol. The Labute approximate surface area is 176 Å². The van der Waals surface area contributed by atoms with Crippen molar-refractivity contribution in [2.45, 2.75) is 11.4 Å². The molecule has 0 unspecified atom stereocenters. The van der Waals surface area contributed by atoms with Gasteiger partial charge in [-0.05, 0) is 54.8 Å². The summed E-state index contributed by atoms with van der Waals surface area (Å²) < 4.78 is 0.944. The number of hydrogen-bond acceptors (Lipinski definition) is 5. The predicted octanol–water partition coefficient (Wildman–Crippen LogP) is 5.91. The summed E-state index contributed by atoms with van der Waals surface area (Å²) >= 11 is 9.38. The summed E-state index contributed by atoms with van der Waals surface area (Å²) in [6.45, 7) is 0.335. The number of thiazole rings is 1. The molecule has 0 aliphatic rings. The molecule has 4 nitrogen and oxygen atoms in total. The van der Waals surface area contributed by atoms with Gasteiger partial charge in [0.1, 0.15) is 5.52 Å². The number of para-hydroxylation sites is 1. The summed E-state index contributed by atoms with van der Waals surface area (Å²) in [5, 5.41) is 1.18. The maximum Gasteiger partial charge on any atom is 0.260 e. The third-order valence-electron chi connectivity index (χ3n) is 4.22. The van der Waals surface area contributed by atoms with Gasteiger partial charge in [-0.2, -0.15) is 0 Å². The lowest BCUT2D eigenvalue weighted by Gasteiger charge is -2.19. The van der Waals surface area contributed by atoms with E-state index in [0.717, 1.165) is 15.3 Å². The van der Waals surface area contributed by atoms with E-state index in [2.05, 4.69) is 9.97 Å². The first kappa shape index (κ1) is 18.9. The van der Waals surface area contributed by atoms with Crippen molar-refractivity contribution >= 4 is 56.0 Å². The van der Waals surface area contributed by atoms with Crippen molar-refractivity contribution in [2.75, 3.05) is 11.2 Å². The number of nitrogens with zero attached hydrogens (tertiary/aromatic N) is 3. The van der Waals surface area contributed by atoms with Crippen LogP contribution in [0.1, 0.15) is 16.1 Å². The average molecular weight is 426 g/mol. The number of rotatable bonds is 5. The predicted molar refractivity (Wildman–Crippen MR) is 118 cm³/mol. The van der Waals surface area contributed by atoms with Crippen LogP contribution >= 0.6 is 34.7 Å². The summed E-state index contributed by atoms with van der Waals surface area (Å²) in [5.41, 5.74) is 2.11. The third kappa shape index (κ3) is 3.90. The Balaban J connectivity index is 1.75. The van der Waals surface area contributed by atoms with E-state index < -0.39 is 0 Å². The van der Waals surface area contributed by atoms with E-state index in [1.54, 1.807) is 28.9 Å². The number of anilines is 1. The molecule has 140 valence electrons. The van der Waals surface area contributed by atoms with E-state index in [-0.39, 0.29) is 5.91 Å². The van der Waals surface area contributed by atoms with Gasteiger partial charge in [-0.3, -0.25) is 14.7 Å². The number of thioether (sulfide) groups is 1. The van der Waals surface area contributed by atoms with Crippen LogP contribution in [0.4, 0.5) is 5.13 Å². The van der Waals surface area contributed by atoms with Gasteiger partial charge < -0.3 is 0 Å². The van der Waals surface area contributed by atoms with Gasteiger partial charge in [0.05, 0.1) is 22.0 Å². The molecule has 4 rings (SSSR count). The molecule has 2 aromatic carbocycles. The zero-order valence-corrected chi connectivity index (χ0v) is 17.4. The Hall–Kier alpha value is -2.41. The lowest BCUT2D eigenvalue weighted by atomic mass is 10.2. The molecule has 0 fully saturated rings. The summed E-state index contributed by atoms with van der Waals surface area (Å²) in [4.78, 5) is 25.1. The van der Waals surface area contributed by atoms with Crippen molar-refractivity contribution in [3.63, 3.8) is 0 Å². The normalized spacial score (nSPS) is 10.9. The standard InChI is InChI=1S/C21H16ClN3OS2/c1-27-16-10-8-14(9-11-16)20(26)25(13-15-5-2-3-12-23-15)21-24-19-17(22)6-4-7-18(19)28-21/h2-12H,13H2,1H3. The fourth-order valence-electron chi connectivity index (χ4n) is 2.79. The second kappa shape index (κ2) is 8.31. The Morgan fingerprint density at radius 1 is 1.11 bits per heavy atom. The van der Waals surface area contributed by atoms with Crippen molar-refractivity contribution in [1.82, 2.24) is 9.97 Å². The SMILES string of the molecule is CSc1ccc(C(=O)N(Cc2ccccn2)c2nc3c(Cl)cccc3s2)cc1. The molecule has 0 aliphatic carbocycles. The quantitative estimate of drug-likeness (QED) is 0.372. The van der Waals surface area contributed by atoms with Crippen LogP contribution in [0.25, 0.3) is 10.2 Å². The molecule has 0 spiro atoms. The largest absolute Gasteiger partial charge is 0.278 e. The van der Waals surface area contributed by atoms with E-state index >= 15 is 0 Å². The molecule has 0 bridgehead atoms. The minimum absolute atomic E-state index is 0.117. The fraction of sp³-hybridized carbons (Fsp3) is 0.0952. The number of halogens is 1. The topological polar surface area (TPSA) is 46.1 Å². The second-order valence-corrected chi connectivity index (χ2v) is 8.32. The zero-order valence-electron chi connectivity index (χ0n) is 15.0. The molecule has 7 heteroatoms. The van der Waals surface area contributed by atoms with Gasteiger partial charge in [-0.15, -0.1) is 11.8 Å². The maximum absolute atomic E-state index is 13.3. The van der Waals surface area contributed by atoms with Crippen LogP contribution in [0.5, 0.6) is 0 Å². The Morgan fingerprint density at radius 2 is 1.93 bits per heavy atom. The molecule has 2 aromatic heterocycles. The second-order valence-electron chi connectivity index (χ2n) is 6.02. The molecule has 1 amide bonds. The highest BCUT2D eigenvalue weighted by atomic mass is 35.5. The number of aromatic nitrogens is 2. The molecule has 28 heavy (non-hydrogen) atoms. The Kier molecular flexibility index (Phi) is 5.62. The maximum atomic E-state index is 13.3. The smallest absolute Gasteiger partial charge is 0.260 e. The van der Waals surface area contributed by atoms with Gasteiger partial charge in [-0.1, -0.05) is 35.1 Å². The summed E-state index contributed by atoms with van der Waals surface area (Å²) in [5.74, 6) is -0.117. The third-order valence-corrected chi connectivity index (χ3v) is 6.31. The Bertz CT molecular complexity index is 1110. The average Bonchev–Trinajstić information content (AvgIpc) is 3.18. The molecular weight excluding hydrogens is 410 g/mol. The van der Waals surface area contributed by atoms with Crippen LogP contribution in [0.3, 0.4) is 0 Å². The first-order valence-electron chi connectivity index (χ1n) is 8.56. The van der Waals surface area contributed by atoms with Crippen molar-refractivity contribution in [2.24, 2.45) is 0 Å². The lowest BCUT2D eigenvalue weighted by Crippen LogP contribution is -2.30. The molecule has 4 aromatic rings. The van der Waals surface area contributed by atoms with Crippen LogP contribution in [0.2, 0.25) is 5.02 Å². The number of carbonyl (C=O) groups is 1. The van der Waals surface area contributed by atoms with Gasteiger partial charge in [0.15, 0.2) is 5.13 Å². The minimum Gasteiger partial charge on any atom is -0.278 e. The molecule has 0 radical (unpaired) electrons. The first-order chi connectivity index (χ1) is 13.7. The van der Waals surface area contributed by atoms with Crippen molar-refractivity contribution < 1.29 is 4.79 Å². The van der Waals surface area contributed by atoms with E-state index in [4.69, 9.17) is 11.6 Å². The number of hydrogen-bond donors (Lipinski definition) is 0. The first-order valence-corrected chi connectivity index (χ1v) is 11.0. The summed E-state index contributed by atoms with van der Waals surface area (Å²) in [7, 11) is 0. The molecule has 0 atom stereocenters. The van der Waals surface area contributed by atoms with Crippen LogP contribution < -0.4 is 4.90 Å². The number of amides is 1. The minimum atomic E-state index is -0.117. The van der Waals surface area contributed by atoms with Crippen molar-refractivity contribution in [1.29, 1.82) is 0 Å². The molecule has 0 saturated heterocycles. The zero-order chi connectivity index (χ0) is 19.5. The summed E-state index contributed by atoms with van der Waals surface area (Å²) in [6.07, 6.45) is 3.73. The van der Waals surface area contributed by atoms with E-state index in [1.165, 1.54) is 11.3 Å². The number of fused-ring (bicyclic) bond motifs is 1. The highest BCUT2D eigenvalue weighted by Crippen LogP contribution is 2.34. The number of carbonyl (C=O) groups excluding carboxylic acids is 1. The molecule has 0 N–H and O–H groups in total. The van der Waals surface area contributed by atoms with Crippen LogP contribution in [0, 0.1) is 0 Å². The van der Waals surface area contributed by atoms with Crippen molar-refractivity contribution in [3.8, 4) is 0 Å². The van der Waals surface area contributed by atoms with Crippen LogP contribution in [0.15, 0.2) is 71.8 Å². The fourth-order valence-corrected chi connectivity index (χ4v) is 4.46. The number of benzene rings is 2. The van der Waals surface area contributed by atoms with Gasteiger partial charge >= 0.3 is 0 Å².